The van der Waals surface area contributed by atoms with Gasteiger partial charge in [0.15, 0.2) is 0 Å². The lowest BCUT2D eigenvalue weighted by Crippen LogP contribution is -2.37. The number of halogens is 3. The second-order valence-electron chi connectivity index (χ2n) is 8.28. The van der Waals surface area contributed by atoms with E-state index in [1.807, 2.05) is 4.90 Å². The van der Waals surface area contributed by atoms with Gasteiger partial charge in [0.1, 0.15) is 11.6 Å². The van der Waals surface area contributed by atoms with Crippen molar-refractivity contribution < 1.29 is 18.7 Å². The zero-order valence-corrected chi connectivity index (χ0v) is 19.6. The van der Waals surface area contributed by atoms with E-state index < -0.39 is 5.82 Å². The maximum Gasteiger partial charge on any atom is 0.245 e. The zero-order chi connectivity index (χ0) is 23.7. The number of hydrogen-bond acceptors (Lipinski definition) is 4. The van der Waals surface area contributed by atoms with Crippen molar-refractivity contribution in [3.05, 3.63) is 58.8 Å². The van der Waals surface area contributed by atoms with Crippen LogP contribution in [0.2, 0.25) is 10.0 Å². The molecule has 2 aromatic carbocycles. The molecule has 0 bridgehead atoms. The molecule has 0 spiro atoms. The topological polar surface area (TPSA) is 61.9 Å². The number of benzene rings is 2. The molecule has 0 radical (unpaired) electrons. The summed E-state index contributed by atoms with van der Waals surface area (Å²) in [6.07, 6.45) is 1.33. The monoisotopic (exact) mass is 491 g/mol. The number of anilines is 1. The third-order valence-corrected chi connectivity index (χ3v) is 6.89. The number of likely N-dealkylation sites (tertiary alicyclic amines) is 2. The number of hydrogen-bond donors (Lipinski definition) is 1. The van der Waals surface area contributed by atoms with Crippen LogP contribution in [-0.2, 0) is 9.59 Å². The molecule has 2 amide bonds. The number of ether oxygens (including phenoxy) is 1. The molecule has 2 aromatic rings. The van der Waals surface area contributed by atoms with Crippen LogP contribution >= 0.6 is 23.2 Å². The van der Waals surface area contributed by atoms with Crippen LogP contribution in [0, 0.1) is 17.7 Å². The molecule has 33 heavy (non-hydrogen) atoms. The van der Waals surface area contributed by atoms with Crippen molar-refractivity contribution in [1.29, 1.82) is 0 Å². The average Bonchev–Trinajstić information content (AvgIpc) is 3.37. The molecule has 2 unspecified atom stereocenters. The Morgan fingerprint density at radius 3 is 2.33 bits per heavy atom. The van der Waals surface area contributed by atoms with Crippen LogP contribution in [0.5, 0.6) is 5.75 Å². The Hall–Kier alpha value is -2.77. The van der Waals surface area contributed by atoms with Crippen molar-refractivity contribution in [3.8, 4) is 16.9 Å². The van der Waals surface area contributed by atoms with E-state index in [4.69, 9.17) is 27.9 Å². The van der Waals surface area contributed by atoms with E-state index >= 15 is 0 Å². The molecule has 0 aromatic heterocycles. The lowest BCUT2D eigenvalue weighted by molar-refractivity contribution is -0.128. The third-order valence-electron chi connectivity index (χ3n) is 6.27. The highest BCUT2D eigenvalue weighted by molar-refractivity contribution is 6.36. The molecular formula is C24H24Cl2FN3O3. The second-order valence-corrected chi connectivity index (χ2v) is 9.09. The van der Waals surface area contributed by atoms with E-state index in [0.717, 1.165) is 0 Å². The van der Waals surface area contributed by atoms with Gasteiger partial charge in [-0.15, -0.1) is 0 Å². The summed E-state index contributed by atoms with van der Waals surface area (Å²) in [7, 11) is 1.52. The summed E-state index contributed by atoms with van der Waals surface area (Å²) in [4.78, 5) is 28.3. The Morgan fingerprint density at radius 2 is 1.73 bits per heavy atom. The van der Waals surface area contributed by atoms with Gasteiger partial charge in [-0.3, -0.25) is 9.59 Å². The van der Waals surface area contributed by atoms with Gasteiger partial charge < -0.3 is 19.9 Å². The molecule has 174 valence electrons. The lowest BCUT2D eigenvalue weighted by Gasteiger charge is -2.22. The largest absolute Gasteiger partial charge is 0.495 e. The molecule has 2 saturated heterocycles. The summed E-state index contributed by atoms with van der Waals surface area (Å²) in [5, 5.41) is 3.77. The highest BCUT2D eigenvalue weighted by Gasteiger charge is 2.42. The fourth-order valence-electron chi connectivity index (χ4n) is 4.56. The van der Waals surface area contributed by atoms with Crippen LogP contribution in [0.3, 0.4) is 0 Å². The van der Waals surface area contributed by atoms with Crippen LogP contribution in [-0.4, -0.2) is 61.4 Å². The normalized spacial score (nSPS) is 19.4. The van der Waals surface area contributed by atoms with E-state index in [-0.39, 0.29) is 35.2 Å². The summed E-state index contributed by atoms with van der Waals surface area (Å²) in [6, 6.07) is 7.47. The van der Waals surface area contributed by atoms with Gasteiger partial charge in [0.25, 0.3) is 0 Å². The molecule has 9 heteroatoms. The van der Waals surface area contributed by atoms with Crippen LogP contribution in [0.15, 0.2) is 43.0 Å². The van der Waals surface area contributed by atoms with E-state index in [1.165, 1.54) is 25.3 Å². The Balaban J connectivity index is 1.45. The maximum absolute atomic E-state index is 13.5. The number of amides is 2. The van der Waals surface area contributed by atoms with Gasteiger partial charge in [0, 0.05) is 55.2 Å². The molecule has 0 aliphatic carbocycles. The van der Waals surface area contributed by atoms with Gasteiger partial charge in [0.05, 0.1) is 29.4 Å². The maximum atomic E-state index is 13.5. The first-order valence-corrected chi connectivity index (χ1v) is 11.3. The minimum Gasteiger partial charge on any atom is -0.495 e. The number of methoxy groups -OCH3 is 1. The lowest BCUT2D eigenvalue weighted by atomic mass is 10.0. The first-order valence-electron chi connectivity index (χ1n) is 10.6. The Labute approximate surface area is 201 Å². The SMILES string of the molecule is C=CC(=O)N1CC2CN(C(=O)CNc3cc(-c4ccc(F)cc4Cl)c(Cl)cc3OC)CC2C1. The van der Waals surface area contributed by atoms with E-state index in [0.29, 0.717) is 53.8 Å². The first-order chi connectivity index (χ1) is 15.8. The summed E-state index contributed by atoms with van der Waals surface area (Å²) >= 11 is 12.6. The smallest absolute Gasteiger partial charge is 0.245 e. The standard InChI is InChI=1S/C24H24Cl2FN3O3/c1-3-23(31)29-10-14-12-30(13-15(14)11-29)24(32)9-28-21-7-18(20(26)8-22(21)33-2)17-5-4-16(27)6-19(17)25/h3-8,14-15,28H,1,9-13H2,2H3. The highest BCUT2D eigenvalue weighted by atomic mass is 35.5. The van der Waals surface area contributed by atoms with Crippen molar-refractivity contribution >= 4 is 40.7 Å². The molecule has 4 rings (SSSR count). The molecule has 1 N–H and O–H groups in total. The molecule has 6 nitrogen and oxygen atoms in total. The minimum atomic E-state index is -0.440. The van der Waals surface area contributed by atoms with Gasteiger partial charge in [-0.05, 0) is 30.3 Å². The molecule has 0 saturated carbocycles. The van der Waals surface area contributed by atoms with E-state index in [1.54, 1.807) is 23.1 Å². The summed E-state index contributed by atoms with van der Waals surface area (Å²) in [5.41, 5.74) is 1.75. The zero-order valence-electron chi connectivity index (χ0n) is 18.1. The number of carbonyl (C=O) groups excluding carboxylic acids is 2. The predicted molar refractivity (Wildman–Crippen MR) is 127 cm³/mol. The molecule has 2 aliphatic heterocycles. The fourth-order valence-corrected chi connectivity index (χ4v) is 5.09. The van der Waals surface area contributed by atoms with Crippen LogP contribution in [0.1, 0.15) is 0 Å². The number of carbonyl (C=O) groups is 2. The summed E-state index contributed by atoms with van der Waals surface area (Å²) in [6.45, 7) is 6.17. The third kappa shape index (κ3) is 4.80. The molecule has 2 atom stereocenters. The van der Waals surface area contributed by atoms with Crippen molar-refractivity contribution in [2.75, 3.05) is 45.2 Å². The number of fused-ring (bicyclic) bond motifs is 1. The van der Waals surface area contributed by atoms with Gasteiger partial charge in [-0.2, -0.15) is 0 Å². The average molecular weight is 492 g/mol. The van der Waals surface area contributed by atoms with Crippen molar-refractivity contribution in [3.63, 3.8) is 0 Å². The number of nitrogens with zero attached hydrogens (tertiary/aromatic N) is 2. The first kappa shape index (κ1) is 23.4. The Morgan fingerprint density at radius 1 is 1.09 bits per heavy atom. The van der Waals surface area contributed by atoms with Crippen molar-refractivity contribution in [2.45, 2.75) is 0 Å². The van der Waals surface area contributed by atoms with E-state index in [2.05, 4.69) is 11.9 Å². The highest BCUT2D eigenvalue weighted by Crippen LogP contribution is 2.40. The van der Waals surface area contributed by atoms with Gasteiger partial charge in [-0.25, -0.2) is 4.39 Å². The Bertz CT molecular complexity index is 1100. The fraction of sp³-hybridized carbons (Fsp3) is 0.333. The Kier molecular flexibility index (Phi) is 6.81. The van der Waals surface area contributed by atoms with Crippen LogP contribution in [0.4, 0.5) is 10.1 Å². The number of rotatable bonds is 6. The molecule has 2 heterocycles. The van der Waals surface area contributed by atoms with Gasteiger partial charge in [0.2, 0.25) is 11.8 Å². The molecule has 2 fully saturated rings. The van der Waals surface area contributed by atoms with Gasteiger partial charge >= 0.3 is 0 Å². The number of nitrogens with one attached hydrogen (secondary N) is 1. The minimum absolute atomic E-state index is 0.0376. The second kappa shape index (κ2) is 9.61. The predicted octanol–water partition coefficient (Wildman–Crippen LogP) is 4.32. The summed E-state index contributed by atoms with van der Waals surface area (Å²) < 4.78 is 18.9. The molecule has 2 aliphatic rings. The van der Waals surface area contributed by atoms with Crippen molar-refractivity contribution in [2.24, 2.45) is 11.8 Å². The van der Waals surface area contributed by atoms with Crippen LogP contribution < -0.4 is 10.1 Å². The summed E-state index contributed by atoms with van der Waals surface area (Å²) in [5.74, 6) is 0.516. The molecular weight excluding hydrogens is 468 g/mol. The van der Waals surface area contributed by atoms with Crippen molar-refractivity contribution in [1.82, 2.24) is 9.80 Å². The van der Waals surface area contributed by atoms with Gasteiger partial charge in [-0.1, -0.05) is 29.8 Å². The van der Waals surface area contributed by atoms with E-state index in [9.17, 15) is 14.0 Å². The quantitative estimate of drug-likeness (QED) is 0.611. The van der Waals surface area contributed by atoms with Crippen LogP contribution in [0.25, 0.3) is 11.1 Å².